The third-order valence-electron chi connectivity index (χ3n) is 4.56. The van der Waals surface area contributed by atoms with E-state index in [0.717, 1.165) is 23.3 Å². The summed E-state index contributed by atoms with van der Waals surface area (Å²) in [5.41, 5.74) is 3.20. The smallest absolute Gasteiger partial charge is 0.241 e. The van der Waals surface area contributed by atoms with Crippen LogP contribution in [0.1, 0.15) is 42.8 Å². The number of hydrogen-bond donors (Lipinski definition) is 1. The first-order chi connectivity index (χ1) is 14.9. The molecule has 0 radical (unpaired) electrons. The van der Waals surface area contributed by atoms with Gasteiger partial charge in [0.2, 0.25) is 11.8 Å². The molecule has 0 bridgehead atoms. The van der Waals surface area contributed by atoms with Gasteiger partial charge < -0.3 is 14.8 Å². The molecule has 1 N–H and O–H groups in total. The number of nitrogens with zero attached hydrogens (tertiary/aromatic N) is 2. The van der Waals surface area contributed by atoms with Gasteiger partial charge in [0.25, 0.3) is 0 Å². The molecule has 0 spiro atoms. The molecule has 2 aromatic rings. The Hall–Kier alpha value is -3.00. The number of carbonyl (C=O) groups is 2. The van der Waals surface area contributed by atoms with Crippen molar-refractivity contribution >= 4 is 28.7 Å². The fourth-order valence-corrected chi connectivity index (χ4v) is 4.37. The van der Waals surface area contributed by atoms with E-state index in [9.17, 15) is 9.59 Å². The summed E-state index contributed by atoms with van der Waals surface area (Å²) >= 11 is 1.30. The van der Waals surface area contributed by atoms with E-state index in [1.54, 1.807) is 0 Å². The van der Waals surface area contributed by atoms with Gasteiger partial charge in [0.1, 0.15) is 30.1 Å². The lowest BCUT2D eigenvalue weighted by atomic mass is 10.1. The number of rotatable bonds is 7. The largest absolute Gasteiger partial charge is 0.490 e. The zero-order valence-electron chi connectivity index (χ0n) is 18.2. The number of nitrogens with one attached hydrogen (secondary N) is 1. The lowest BCUT2D eigenvalue weighted by Gasteiger charge is -2.22. The molecule has 0 aliphatic carbocycles. The molecule has 31 heavy (non-hydrogen) atoms. The van der Waals surface area contributed by atoms with Gasteiger partial charge in [-0.15, -0.1) is 5.10 Å². The Morgan fingerprint density at radius 2 is 1.87 bits per heavy atom. The van der Waals surface area contributed by atoms with Gasteiger partial charge >= 0.3 is 0 Å². The number of aryl methyl sites for hydroxylation is 2. The Labute approximate surface area is 186 Å². The van der Waals surface area contributed by atoms with Crippen molar-refractivity contribution in [2.45, 2.75) is 39.5 Å². The van der Waals surface area contributed by atoms with Crippen molar-refractivity contribution in [3.05, 3.63) is 59.2 Å². The third kappa shape index (κ3) is 6.01. The summed E-state index contributed by atoms with van der Waals surface area (Å²) in [5, 5.41) is 8.21. The second-order valence-electron chi connectivity index (χ2n) is 7.16. The minimum absolute atomic E-state index is 0.220. The number of hydrogen-bond acceptors (Lipinski definition) is 6. The lowest BCUT2D eigenvalue weighted by Crippen LogP contribution is -2.25. The number of thioether (sulfide) groups is 1. The number of para-hydroxylation sites is 1. The number of ether oxygens (including phenoxy) is 2. The van der Waals surface area contributed by atoms with Crippen LogP contribution in [-0.4, -0.2) is 35.2 Å². The van der Waals surface area contributed by atoms with E-state index in [-0.39, 0.29) is 11.8 Å². The van der Waals surface area contributed by atoms with Crippen molar-refractivity contribution in [2.75, 3.05) is 13.2 Å². The summed E-state index contributed by atoms with van der Waals surface area (Å²) in [6.45, 7) is 7.76. The van der Waals surface area contributed by atoms with Crippen LogP contribution >= 0.6 is 11.8 Å². The zero-order chi connectivity index (χ0) is 22.4. The predicted octanol–water partition coefficient (Wildman–Crippen LogP) is 4.02. The molecule has 0 aromatic heterocycles. The van der Waals surface area contributed by atoms with Crippen LogP contribution in [0, 0.1) is 6.92 Å². The topological polar surface area (TPSA) is 80.2 Å². The van der Waals surface area contributed by atoms with Crippen molar-refractivity contribution in [3.63, 3.8) is 0 Å². The quantitative estimate of drug-likeness (QED) is 0.657. The average Bonchev–Trinajstić information content (AvgIpc) is 3.14. The first-order valence-corrected chi connectivity index (χ1v) is 11.0. The van der Waals surface area contributed by atoms with Crippen LogP contribution in [0.15, 0.2) is 47.6 Å². The van der Waals surface area contributed by atoms with Crippen molar-refractivity contribution in [1.82, 2.24) is 10.3 Å². The SMILES string of the molecule is CCc1cc(C)cc(OCCOc2ccccc2C2SC(NC(C)=O)=NN2C(C)=O)c1. The summed E-state index contributed by atoms with van der Waals surface area (Å²) in [5.74, 6) is 1.02. The van der Waals surface area contributed by atoms with Crippen LogP contribution in [0.25, 0.3) is 0 Å². The maximum absolute atomic E-state index is 12.1. The molecule has 1 unspecified atom stereocenters. The molecule has 0 saturated carbocycles. The number of amides is 2. The molecule has 0 fully saturated rings. The van der Waals surface area contributed by atoms with Crippen LogP contribution < -0.4 is 14.8 Å². The van der Waals surface area contributed by atoms with Gasteiger partial charge in [0.15, 0.2) is 5.17 Å². The van der Waals surface area contributed by atoms with Gasteiger partial charge in [-0.2, -0.15) is 0 Å². The van der Waals surface area contributed by atoms with Crippen molar-refractivity contribution < 1.29 is 19.1 Å². The minimum atomic E-state index is -0.416. The first-order valence-electron chi connectivity index (χ1n) is 10.1. The molecular formula is C23H27N3O4S. The molecule has 7 nitrogen and oxygen atoms in total. The van der Waals surface area contributed by atoms with Gasteiger partial charge in [0.05, 0.1) is 0 Å². The zero-order valence-corrected chi connectivity index (χ0v) is 19.0. The summed E-state index contributed by atoms with van der Waals surface area (Å²) < 4.78 is 11.9. The standard InChI is InChI=1S/C23H27N3O4S/c1-5-18-12-15(2)13-19(14-18)29-10-11-30-21-9-7-6-8-20(21)22-26(17(4)28)25-23(31-22)24-16(3)27/h6-9,12-14,22H,5,10-11H2,1-4H3,(H,24,25,27). The van der Waals surface area contributed by atoms with Crippen molar-refractivity contribution in [3.8, 4) is 11.5 Å². The number of benzene rings is 2. The van der Waals surface area contributed by atoms with Crippen LogP contribution in [0.5, 0.6) is 11.5 Å². The van der Waals surface area contributed by atoms with E-state index in [1.165, 1.54) is 36.2 Å². The second kappa shape index (κ2) is 10.3. The highest BCUT2D eigenvalue weighted by Gasteiger charge is 2.34. The maximum Gasteiger partial charge on any atom is 0.241 e. The summed E-state index contributed by atoms with van der Waals surface area (Å²) in [4.78, 5) is 23.5. The number of amidine groups is 1. The van der Waals surface area contributed by atoms with Gasteiger partial charge in [0, 0.05) is 19.4 Å². The average molecular weight is 442 g/mol. The molecule has 164 valence electrons. The minimum Gasteiger partial charge on any atom is -0.490 e. The van der Waals surface area contributed by atoms with Gasteiger partial charge in [-0.3, -0.25) is 9.59 Å². The molecule has 2 amide bonds. The fourth-order valence-electron chi connectivity index (χ4n) is 3.20. The molecule has 1 aliphatic heterocycles. The van der Waals surface area contributed by atoms with Gasteiger partial charge in [-0.1, -0.05) is 43.0 Å². The Balaban J connectivity index is 1.66. The molecule has 1 atom stereocenters. The third-order valence-corrected chi connectivity index (χ3v) is 5.65. The van der Waals surface area contributed by atoms with E-state index < -0.39 is 5.37 Å². The highest BCUT2D eigenvalue weighted by molar-refractivity contribution is 8.14. The molecule has 3 rings (SSSR count). The van der Waals surface area contributed by atoms with Crippen LogP contribution in [0.3, 0.4) is 0 Å². The van der Waals surface area contributed by atoms with E-state index >= 15 is 0 Å². The van der Waals surface area contributed by atoms with Gasteiger partial charge in [-0.25, -0.2) is 5.01 Å². The molecule has 0 saturated heterocycles. The first kappa shape index (κ1) is 22.7. The molecule has 8 heteroatoms. The fraction of sp³-hybridized carbons (Fsp3) is 0.348. The molecule has 1 aliphatic rings. The Morgan fingerprint density at radius 3 is 2.58 bits per heavy atom. The monoisotopic (exact) mass is 441 g/mol. The van der Waals surface area contributed by atoms with E-state index in [2.05, 4.69) is 30.3 Å². The van der Waals surface area contributed by atoms with Crippen molar-refractivity contribution in [1.29, 1.82) is 0 Å². The van der Waals surface area contributed by atoms with E-state index in [4.69, 9.17) is 9.47 Å². The van der Waals surface area contributed by atoms with Crippen LogP contribution in [0.4, 0.5) is 0 Å². The molecule has 1 heterocycles. The molecule has 2 aromatic carbocycles. The van der Waals surface area contributed by atoms with Crippen molar-refractivity contribution in [2.24, 2.45) is 5.10 Å². The highest BCUT2D eigenvalue weighted by atomic mass is 32.2. The number of hydrazone groups is 1. The van der Waals surface area contributed by atoms with Gasteiger partial charge in [-0.05, 0) is 42.7 Å². The second-order valence-corrected chi connectivity index (χ2v) is 8.23. The Kier molecular flexibility index (Phi) is 7.57. The normalized spacial score (nSPS) is 15.4. The number of carbonyl (C=O) groups excluding carboxylic acids is 2. The van der Waals surface area contributed by atoms with E-state index in [1.807, 2.05) is 36.4 Å². The Bertz CT molecular complexity index is 993. The highest BCUT2D eigenvalue weighted by Crippen LogP contribution is 2.42. The molecular weight excluding hydrogens is 414 g/mol. The van der Waals surface area contributed by atoms with Crippen LogP contribution in [0.2, 0.25) is 0 Å². The maximum atomic E-state index is 12.1. The summed E-state index contributed by atoms with van der Waals surface area (Å²) in [6, 6.07) is 13.7. The Morgan fingerprint density at radius 1 is 1.13 bits per heavy atom. The summed E-state index contributed by atoms with van der Waals surface area (Å²) in [7, 11) is 0. The summed E-state index contributed by atoms with van der Waals surface area (Å²) in [6.07, 6.45) is 0.955. The predicted molar refractivity (Wildman–Crippen MR) is 122 cm³/mol. The van der Waals surface area contributed by atoms with E-state index in [0.29, 0.717) is 24.1 Å². The van der Waals surface area contributed by atoms with Crippen LogP contribution in [-0.2, 0) is 16.0 Å². The lowest BCUT2D eigenvalue weighted by molar-refractivity contribution is -0.129.